The molecular formula is C16H18O5. The predicted molar refractivity (Wildman–Crippen MR) is 75.3 cm³/mol. The van der Waals surface area contributed by atoms with E-state index in [9.17, 15) is 14.4 Å². The summed E-state index contributed by atoms with van der Waals surface area (Å²) in [7, 11) is 1.26. The highest BCUT2D eigenvalue weighted by Crippen LogP contribution is 2.43. The molecule has 1 aliphatic rings. The van der Waals surface area contributed by atoms with E-state index in [4.69, 9.17) is 9.15 Å². The van der Waals surface area contributed by atoms with Gasteiger partial charge in [0.05, 0.1) is 13.4 Å². The van der Waals surface area contributed by atoms with Crippen LogP contribution < -0.4 is 0 Å². The summed E-state index contributed by atoms with van der Waals surface area (Å²) in [5.41, 5.74) is -0.683. The maximum absolute atomic E-state index is 12.6. The van der Waals surface area contributed by atoms with Crippen LogP contribution in [0.2, 0.25) is 0 Å². The molecule has 5 nitrogen and oxygen atoms in total. The van der Waals surface area contributed by atoms with Crippen molar-refractivity contribution in [3.05, 3.63) is 29.7 Å². The van der Waals surface area contributed by atoms with Crippen LogP contribution in [0.3, 0.4) is 0 Å². The average Bonchev–Trinajstić information content (AvgIpc) is 3.07. The standard InChI is InChI=1S/C16H18O5/c1-11(17)5-7-16(15(19)20-2)8-6-12(14(16)18)10-13-4-3-9-21-13/h3-4,9-10H,5-8H2,1-2H3/b12-10+. The smallest absolute Gasteiger partial charge is 0.319 e. The zero-order chi connectivity index (χ0) is 15.5. The molecule has 112 valence electrons. The van der Waals surface area contributed by atoms with Crippen molar-refractivity contribution in [2.75, 3.05) is 7.11 Å². The summed E-state index contributed by atoms with van der Waals surface area (Å²) in [4.78, 5) is 36.0. The van der Waals surface area contributed by atoms with E-state index in [1.165, 1.54) is 20.3 Å². The summed E-state index contributed by atoms with van der Waals surface area (Å²) in [6, 6.07) is 3.48. The van der Waals surface area contributed by atoms with Crippen LogP contribution >= 0.6 is 0 Å². The Bertz CT molecular complexity index is 582. The first kappa shape index (κ1) is 15.2. The lowest BCUT2D eigenvalue weighted by molar-refractivity contribution is -0.156. The van der Waals surface area contributed by atoms with Crippen LogP contribution in [0.1, 0.15) is 38.4 Å². The number of methoxy groups -OCH3 is 1. The lowest BCUT2D eigenvalue weighted by atomic mass is 9.79. The molecule has 0 N–H and O–H groups in total. The van der Waals surface area contributed by atoms with E-state index in [0.717, 1.165) is 0 Å². The molecule has 1 atom stereocenters. The number of esters is 1. The summed E-state index contributed by atoms with van der Waals surface area (Å²) >= 11 is 0. The van der Waals surface area contributed by atoms with Gasteiger partial charge in [0.1, 0.15) is 17.0 Å². The minimum atomic E-state index is -1.22. The molecule has 0 aromatic carbocycles. The van der Waals surface area contributed by atoms with Gasteiger partial charge in [-0.2, -0.15) is 0 Å². The molecule has 0 radical (unpaired) electrons. The third-order valence-corrected chi connectivity index (χ3v) is 3.89. The molecule has 0 saturated heterocycles. The van der Waals surface area contributed by atoms with E-state index in [-0.39, 0.29) is 24.4 Å². The highest BCUT2D eigenvalue weighted by atomic mass is 16.5. The van der Waals surface area contributed by atoms with Gasteiger partial charge in [-0.05, 0) is 44.4 Å². The van der Waals surface area contributed by atoms with Crippen molar-refractivity contribution in [3.63, 3.8) is 0 Å². The molecule has 1 aromatic heterocycles. The number of carbonyl (C=O) groups is 3. The first-order chi connectivity index (χ1) is 9.99. The first-order valence-corrected chi connectivity index (χ1v) is 6.86. The minimum absolute atomic E-state index is 0.0467. The van der Waals surface area contributed by atoms with Crippen molar-refractivity contribution in [2.24, 2.45) is 5.41 Å². The van der Waals surface area contributed by atoms with Crippen LogP contribution in [-0.4, -0.2) is 24.6 Å². The van der Waals surface area contributed by atoms with Gasteiger partial charge >= 0.3 is 5.97 Å². The van der Waals surface area contributed by atoms with Crippen molar-refractivity contribution < 1.29 is 23.5 Å². The van der Waals surface area contributed by atoms with Gasteiger partial charge in [0.15, 0.2) is 5.78 Å². The highest BCUT2D eigenvalue weighted by Gasteiger charge is 2.51. The Morgan fingerprint density at radius 1 is 1.48 bits per heavy atom. The number of furan rings is 1. The molecule has 0 aliphatic heterocycles. The van der Waals surface area contributed by atoms with Gasteiger partial charge in [0.2, 0.25) is 0 Å². The topological polar surface area (TPSA) is 73.6 Å². The fourth-order valence-corrected chi connectivity index (χ4v) is 2.69. The lowest BCUT2D eigenvalue weighted by Crippen LogP contribution is -2.37. The second-order valence-corrected chi connectivity index (χ2v) is 5.29. The van der Waals surface area contributed by atoms with Crippen molar-refractivity contribution in [1.82, 2.24) is 0 Å². The molecule has 21 heavy (non-hydrogen) atoms. The van der Waals surface area contributed by atoms with Crippen molar-refractivity contribution >= 4 is 23.6 Å². The van der Waals surface area contributed by atoms with E-state index in [2.05, 4.69) is 0 Å². The fraction of sp³-hybridized carbons (Fsp3) is 0.438. The van der Waals surface area contributed by atoms with Crippen LogP contribution in [0.5, 0.6) is 0 Å². The Labute approximate surface area is 123 Å². The van der Waals surface area contributed by atoms with Crippen molar-refractivity contribution in [1.29, 1.82) is 0 Å². The number of ketones is 2. The fourth-order valence-electron chi connectivity index (χ4n) is 2.69. The molecule has 1 fully saturated rings. The molecule has 2 rings (SSSR count). The van der Waals surface area contributed by atoms with Crippen LogP contribution in [0.15, 0.2) is 28.4 Å². The SMILES string of the molecule is COC(=O)C1(CCC(C)=O)CC/C(=C\c2ccco2)C1=O. The van der Waals surface area contributed by atoms with Gasteiger partial charge in [0, 0.05) is 12.0 Å². The lowest BCUT2D eigenvalue weighted by Gasteiger charge is -2.23. The quantitative estimate of drug-likeness (QED) is 0.473. The van der Waals surface area contributed by atoms with Crippen LogP contribution in [0.25, 0.3) is 6.08 Å². The first-order valence-electron chi connectivity index (χ1n) is 6.86. The van der Waals surface area contributed by atoms with Crippen LogP contribution in [-0.2, 0) is 19.1 Å². The third kappa shape index (κ3) is 2.96. The number of ether oxygens (including phenoxy) is 1. The molecule has 0 spiro atoms. The maximum Gasteiger partial charge on any atom is 0.319 e. The minimum Gasteiger partial charge on any atom is -0.468 e. The van der Waals surface area contributed by atoms with Crippen molar-refractivity contribution in [3.8, 4) is 0 Å². The molecule has 0 bridgehead atoms. The van der Waals surface area contributed by atoms with E-state index >= 15 is 0 Å². The van der Waals surface area contributed by atoms with E-state index < -0.39 is 11.4 Å². The summed E-state index contributed by atoms with van der Waals surface area (Å²) in [5.74, 6) is -0.288. The molecule has 5 heteroatoms. The zero-order valence-electron chi connectivity index (χ0n) is 12.2. The molecule has 1 unspecified atom stereocenters. The normalized spacial score (nSPS) is 23.5. The monoisotopic (exact) mass is 290 g/mol. The van der Waals surface area contributed by atoms with E-state index in [1.54, 1.807) is 18.2 Å². The number of Topliss-reactive ketones (excluding diaryl/α,β-unsaturated/α-hetero) is 2. The Morgan fingerprint density at radius 3 is 2.81 bits per heavy atom. The number of hydrogen-bond donors (Lipinski definition) is 0. The van der Waals surface area contributed by atoms with Crippen LogP contribution in [0.4, 0.5) is 0 Å². The molecule has 1 aliphatic carbocycles. The highest BCUT2D eigenvalue weighted by molar-refractivity contribution is 6.16. The summed E-state index contributed by atoms with van der Waals surface area (Å²) in [5, 5.41) is 0. The third-order valence-electron chi connectivity index (χ3n) is 3.89. The second kappa shape index (κ2) is 6.08. The number of allylic oxidation sites excluding steroid dienone is 1. The molecule has 1 heterocycles. The zero-order valence-corrected chi connectivity index (χ0v) is 12.2. The van der Waals surface area contributed by atoms with Gasteiger partial charge in [-0.25, -0.2) is 0 Å². The van der Waals surface area contributed by atoms with Gasteiger partial charge in [-0.3, -0.25) is 9.59 Å². The number of carbonyl (C=O) groups excluding carboxylic acids is 3. The molecular weight excluding hydrogens is 272 g/mol. The Hall–Kier alpha value is -2.17. The summed E-state index contributed by atoms with van der Waals surface area (Å²) in [6.07, 6.45) is 4.42. The van der Waals surface area contributed by atoms with Crippen molar-refractivity contribution in [2.45, 2.75) is 32.6 Å². The second-order valence-electron chi connectivity index (χ2n) is 5.29. The Morgan fingerprint density at radius 2 is 2.24 bits per heavy atom. The Kier molecular flexibility index (Phi) is 4.40. The van der Waals surface area contributed by atoms with E-state index in [0.29, 0.717) is 24.2 Å². The van der Waals surface area contributed by atoms with E-state index in [1.807, 2.05) is 0 Å². The number of hydrogen-bond acceptors (Lipinski definition) is 5. The van der Waals surface area contributed by atoms with Gasteiger partial charge < -0.3 is 13.9 Å². The largest absolute Gasteiger partial charge is 0.468 e. The predicted octanol–water partition coefficient (Wildman–Crippen LogP) is 2.55. The molecule has 1 saturated carbocycles. The summed E-state index contributed by atoms with van der Waals surface area (Å²) in [6.45, 7) is 1.45. The van der Waals surface area contributed by atoms with Gasteiger partial charge in [-0.1, -0.05) is 0 Å². The summed E-state index contributed by atoms with van der Waals surface area (Å²) < 4.78 is 10.0. The Balaban J connectivity index is 2.28. The average molecular weight is 290 g/mol. The maximum atomic E-state index is 12.6. The molecule has 1 aromatic rings. The van der Waals surface area contributed by atoms with Gasteiger partial charge in [-0.15, -0.1) is 0 Å². The van der Waals surface area contributed by atoms with Gasteiger partial charge in [0.25, 0.3) is 0 Å². The number of rotatable bonds is 5. The molecule has 0 amide bonds. The van der Waals surface area contributed by atoms with Crippen LogP contribution in [0, 0.1) is 5.41 Å².